The summed E-state index contributed by atoms with van der Waals surface area (Å²) in [6.45, 7) is 5.92. The number of hydrogen-bond donors (Lipinski definition) is 1. The number of nitrogens with one attached hydrogen (secondary N) is 1. The number of likely N-dealkylation sites (tertiary alicyclic amines) is 1. The fraction of sp³-hybridized carbons (Fsp3) is 0.917. The van der Waals surface area contributed by atoms with Gasteiger partial charge < -0.3 is 10.2 Å². The highest BCUT2D eigenvalue weighted by Gasteiger charge is 2.28. The van der Waals surface area contributed by atoms with Crippen LogP contribution < -0.4 is 5.32 Å². The third-order valence-corrected chi connectivity index (χ3v) is 3.07. The van der Waals surface area contributed by atoms with Gasteiger partial charge in [0.25, 0.3) is 0 Å². The minimum absolute atomic E-state index is 0.116. The maximum atomic E-state index is 12.1. The van der Waals surface area contributed by atoms with Crippen LogP contribution in [-0.4, -0.2) is 43.7 Å². The molecule has 1 N–H and O–H groups in total. The van der Waals surface area contributed by atoms with E-state index < -0.39 is 12.6 Å². The van der Waals surface area contributed by atoms with Crippen molar-refractivity contribution in [3.63, 3.8) is 0 Å². The summed E-state index contributed by atoms with van der Waals surface area (Å²) in [5.41, 5.74) is 0. The molecule has 1 aliphatic heterocycles. The van der Waals surface area contributed by atoms with Crippen molar-refractivity contribution in [1.82, 2.24) is 10.2 Å². The molecule has 18 heavy (non-hydrogen) atoms. The van der Waals surface area contributed by atoms with Gasteiger partial charge in [-0.3, -0.25) is 4.99 Å². The van der Waals surface area contributed by atoms with Gasteiger partial charge in [0, 0.05) is 26.7 Å². The van der Waals surface area contributed by atoms with Gasteiger partial charge in [-0.25, -0.2) is 0 Å². The minimum Gasteiger partial charge on any atom is -0.356 e. The van der Waals surface area contributed by atoms with Crippen LogP contribution in [0, 0.1) is 11.8 Å². The molecule has 0 aromatic carbocycles. The van der Waals surface area contributed by atoms with E-state index in [1.165, 1.54) is 0 Å². The van der Waals surface area contributed by atoms with E-state index >= 15 is 0 Å². The Hall–Kier alpha value is -0.940. The molecule has 1 rings (SSSR count). The predicted octanol–water partition coefficient (Wildman–Crippen LogP) is 2.49. The first kappa shape index (κ1) is 15.1. The molecule has 0 aliphatic carbocycles. The lowest BCUT2D eigenvalue weighted by Gasteiger charge is -2.37. The first-order valence-corrected chi connectivity index (χ1v) is 6.34. The molecule has 0 spiro atoms. The lowest BCUT2D eigenvalue weighted by atomic mass is 9.92. The predicted molar refractivity (Wildman–Crippen MR) is 66.6 cm³/mol. The summed E-state index contributed by atoms with van der Waals surface area (Å²) in [7, 11) is 1.61. The van der Waals surface area contributed by atoms with Crippen LogP contribution in [0.4, 0.5) is 13.2 Å². The van der Waals surface area contributed by atoms with Crippen LogP contribution in [-0.2, 0) is 0 Å². The summed E-state index contributed by atoms with van der Waals surface area (Å²) < 4.78 is 36.2. The molecule has 0 radical (unpaired) electrons. The Morgan fingerprint density at radius 2 is 1.83 bits per heavy atom. The van der Waals surface area contributed by atoms with Gasteiger partial charge in [0.1, 0.15) is 0 Å². The Morgan fingerprint density at radius 1 is 1.28 bits per heavy atom. The highest BCUT2D eigenvalue weighted by molar-refractivity contribution is 5.80. The van der Waals surface area contributed by atoms with Gasteiger partial charge in [0.05, 0.1) is 6.42 Å². The molecule has 6 heteroatoms. The van der Waals surface area contributed by atoms with Crippen LogP contribution in [0.25, 0.3) is 0 Å². The van der Waals surface area contributed by atoms with Gasteiger partial charge in [-0.1, -0.05) is 13.8 Å². The Balaban J connectivity index is 2.46. The smallest absolute Gasteiger partial charge is 0.356 e. The maximum Gasteiger partial charge on any atom is 0.390 e. The zero-order valence-corrected chi connectivity index (χ0v) is 11.2. The topological polar surface area (TPSA) is 27.6 Å². The summed E-state index contributed by atoms with van der Waals surface area (Å²) >= 11 is 0. The average molecular weight is 265 g/mol. The normalized spacial score (nSPS) is 26.3. The molecule has 2 atom stereocenters. The molecule has 0 bridgehead atoms. The van der Waals surface area contributed by atoms with Crippen molar-refractivity contribution in [3.8, 4) is 0 Å². The number of guanidine groups is 1. The Morgan fingerprint density at radius 3 is 2.28 bits per heavy atom. The summed E-state index contributed by atoms with van der Waals surface area (Å²) in [4.78, 5) is 6.12. The summed E-state index contributed by atoms with van der Waals surface area (Å²) in [6, 6.07) is 0. The molecule has 1 saturated heterocycles. The number of piperidine rings is 1. The van der Waals surface area contributed by atoms with E-state index in [2.05, 4.69) is 29.1 Å². The molecule has 2 unspecified atom stereocenters. The average Bonchev–Trinajstić information content (AvgIpc) is 2.21. The summed E-state index contributed by atoms with van der Waals surface area (Å²) in [5.74, 6) is 1.68. The SMILES string of the molecule is CN=C(NCCC(F)(F)F)N1CC(C)CC(C)C1. The van der Waals surface area contributed by atoms with E-state index in [0.717, 1.165) is 19.5 Å². The minimum atomic E-state index is -4.12. The zero-order chi connectivity index (χ0) is 13.8. The molecule has 0 aromatic heterocycles. The van der Waals surface area contributed by atoms with Crippen molar-refractivity contribution < 1.29 is 13.2 Å². The second kappa shape index (κ2) is 6.29. The van der Waals surface area contributed by atoms with Crippen molar-refractivity contribution in [2.75, 3.05) is 26.7 Å². The fourth-order valence-electron chi connectivity index (χ4n) is 2.48. The highest BCUT2D eigenvalue weighted by Crippen LogP contribution is 2.21. The largest absolute Gasteiger partial charge is 0.390 e. The van der Waals surface area contributed by atoms with Crippen LogP contribution in [0.15, 0.2) is 4.99 Å². The standard InChI is InChI=1S/C12H22F3N3/c1-9-6-10(2)8-18(7-9)11(16-3)17-5-4-12(13,14)15/h9-10H,4-8H2,1-3H3,(H,16,17). The number of aliphatic imine (C=N–C) groups is 1. The van der Waals surface area contributed by atoms with Gasteiger partial charge in [-0.05, 0) is 18.3 Å². The number of alkyl halides is 3. The first-order chi connectivity index (χ1) is 8.31. The van der Waals surface area contributed by atoms with Crippen LogP contribution in [0.2, 0.25) is 0 Å². The fourth-order valence-corrected chi connectivity index (χ4v) is 2.48. The van der Waals surface area contributed by atoms with Crippen molar-refractivity contribution in [1.29, 1.82) is 0 Å². The highest BCUT2D eigenvalue weighted by atomic mass is 19.4. The molecule has 1 heterocycles. The van der Waals surface area contributed by atoms with Gasteiger partial charge in [-0.2, -0.15) is 13.2 Å². The second-order valence-corrected chi connectivity index (χ2v) is 5.19. The quantitative estimate of drug-likeness (QED) is 0.613. The molecule has 106 valence electrons. The van der Waals surface area contributed by atoms with Crippen molar-refractivity contribution in [3.05, 3.63) is 0 Å². The van der Waals surface area contributed by atoms with E-state index in [1.54, 1.807) is 7.05 Å². The second-order valence-electron chi connectivity index (χ2n) is 5.19. The Labute approximate surface area is 106 Å². The summed E-state index contributed by atoms with van der Waals surface area (Å²) in [6.07, 6.45) is -3.78. The van der Waals surface area contributed by atoms with E-state index in [-0.39, 0.29) is 6.54 Å². The van der Waals surface area contributed by atoms with Gasteiger partial charge >= 0.3 is 6.18 Å². The van der Waals surface area contributed by atoms with Crippen molar-refractivity contribution in [2.45, 2.75) is 32.9 Å². The molecule has 0 amide bonds. The number of rotatable bonds is 2. The Kier molecular flexibility index (Phi) is 5.28. The van der Waals surface area contributed by atoms with Gasteiger partial charge in [0.15, 0.2) is 5.96 Å². The summed E-state index contributed by atoms with van der Waals surface area (Å²) in [5, 5.41) is 2.79. The van der Waals surface area contributed by atoms with Crippen molar-refractivity contribution >= 4 is 5.96 Å². The molecule has 3 nitrogen and oxygen atoms in total. The van der Waals surface area contributed by atoms with Gasteiger partial charge in [-0.15, -0.1) is 0 Å². The van der Waals surface area contributed by atoms with Crippen LogP contribution in [0.1, 0.15) is 26.7 Å². The molecule has 1 fully saturated rings. The van der Waals surface area contributed by atoms with E-state index in [1.807, 2.05) is 0 Å². The Bertz CT molecular complexity index is 279. The molecule has 0 saturated carbocycles. The molecule has 0 aromatic rings. The molecular weight excluding hydrogens is 243 g/mol. The third kappa shape index (κ3) is 5.14. The van der Waals surface area contributed by atoms with E-state index in [4.69, 9.17) is 0 Å². The number of hydrogen-bond acceptors (Lipinski definition) is 1. The van der Waals surface area contributed by atoms with Gasteiger partial charge in [0.2, 0.25) is 0 Å². The van der Waals surface area contributed by atoms with Crippen molar-refractivity contribution in [2.24, 2.45) is 16.8 Å². The number of halogens is 3. The lowest BCUT2D eigenvalue weighted by molar-refractivity contribution is -0.132. The van der Waals surface area contributed by atoms with Crippen LogP contribution >= 0.6 is 0 Å². The molecule has 1 aliphatic rings. The maximum absolute atomic E-state index is 12.1. The molecular formula is C12H22F3N3. The van der Waals surface area contributed by atoms with E-state index in [9.17, 15) is 13.2 Å². The first-order valence-electron chi connectivity index (χ1n) is 6.34. The van der Waals surface area contributed by atoms with Crippen LogP contribution in [0.3, 0.4) is 0 Å². The lowest BCUT2D eigenvalue weighted by Crippen LogP contribution is -2.49. The number of nitrogens with zero attached hydrogens (tertiary/aromatic N) is 2. The zero-order valence-electron chi connectivity index (χ0n) is 11.2. The third-order valence-electron chi connectivity index (χ3n) is 3.07. The van der Waals surface area contributed by atoms with E-state index in [0.29, 0.717) is 17.8 Å². The van der Waals surface area contributed by atoms with Crippen LogP contribution in [0.5, 0.6) is 0 Å². The monoisotopic (exact) mass is 265 g/mol.